The number of nitrogens with two attached hydrogens (primary N) is 1. The lowest BCUT2D eigenvalue weighted by atomic mass is 9.94. The first-order chi connectivity index (χ1) is 9.99. The van der Waals surface area contributed by atoms with Crippen molar-refractivity contribution in [2.45, 2.75) is 34.1 Å². The van der Waals surface area contributed by atoms with Gasteiger partial charge in [-0.1, -0.05) is 30.7 Å². The number of amides is 1. The number of carbonyl (C=O) groups excluding carboxylic acids is 1. The van der Waals surface area contributed by atoms with E-state index in [2.05, 4.69) is 44.3 Å². The molecule has 0 spiro atoms. The number of rotatable bonds is 4. The molecular weight excluding hydrogens is 280 g/mol. The number of aryl methyl sites for hydroxylation is 3. The molecule has 1 amide bonds. The molecule has 21 heavy (non-hydrogen) atoms. The predicted molar refractivity (Wildman–Crippen MR) is 91.0 cm³/mol. The van der Waals surface area contributed by atoms with Crippen molar-refractivity contribution < 1.29 is 4.79 Å². The van der Waals surface area contributed by atoms with Crippen molar-refractivity contribution in [3.63, 3.8) is 0 Å². The summed E-state index contributed by atoms with van der Waals surface area (Å²) in [5, 5.41) is 3.47. The highest BCUT2D eigenvalue weighted by molar-refractivity contribution is 7.17. The lowest BCUT2D eigenvalue weighted by molar-refractivity contribution is 0.0957. The Morgan fingerprint density at radius 1 is 1.29 bits per heavy atom. The van der Waals surface area contributed by atoms with Crippen molar-refractivity contribution in [3.05, 3.63) is 39.8 Å². The van der Waals surface area contributed by atoms with E-state index in [4.69, 9.17) is 5.73 Å². The quantitative estimate of drug-likeness (QED) is 0.899. The molecule has 0 radical (unpaired) electrons. The Kier molecular flexibility index (Phi) is 4.68. The van der Waals surface area contributed by atoms with Gasteiger partial charge in [-0.25, -0.2) is 0 Å². The van der Waals surface area contributed by atoms with Gasteiger partial charge in [0.25, 0.3) is 5.91 Å². The van der Waals surface area contributed by atoms with Crippen LogP contribution in [0.1, 0.15) is 40.2 Å². The van der Waals surface area contributed by atoms with Crippen LogP contribution in [0.15, 0.2) is 18.2 Å². The molecule has 112 valence electrons. The summed E-state index contributed by atoms with van der Waals surface area (Å²) < 4.78 is 0. The third kappa shape index (κ3) is 2.95. The maximum absolute atomic E-state index is 12.4. The summed E-state index contributed by atoms with van der Waals surface area (Å²) in [6.45, 7) is 8.76. The van der Waals surface area contributed by atoms with Crippen molar-refractivity contribution >= 4 is 22.2 Å². The lowest BCUT2D eigenvalue weighted by Crippen LogP contribution is -2.23. The summed E-state index contributed by atoms with van der Waals surface area (Å²) in [4.78, 5) is 13.6. The number of hydrogen-bond acceptors (Lipinski definition) is 3. The fourth-order valence-electron chi connectivity index (χ4n) is 2.60. The molecule has 3 nitrogen and oxygen atoms in total. The minimum absolute atomic E-state index is 0.0825. The summed E-state index contributed by atoms with van der Waals surface area (Å²) in [6.07, 6.45) is 0.872. The third-order valence-corrected chi connectivity index (χ3v) is 4.71. The van der Waals surface area contributed by atoms with E-state index >= 15 is 0 Å². The average Bonchev–Trinajstić information content (AvgIpc) is 2.75. The van der Waals surface area contributed by atoms with Gasteiger partial charge in [-0.05, 0) is 38.3 Å². The van der Waals surface area contributed by atoms with Gasteiger partial charge in [-0.15, -0.1) is 11.3 Å². The molecular formula is C17H22N2OS. The second kappa shape index (κ2) is 6.31. The van der Waals surface area contributed by atoms with E-state index in [1.165, 1.54) is 27.3 Å². The zero-order valence-electron chi connectivity index (χ0n) is 13.0. The van der Waals surface area contributed by atoms with Gasteiger partial charge >= 0.3 is 0 Å². The van der Waals surface area contributed by atoms with E-state index in [1.807, 2.05) is 6.92 Å². The van der Waals surface area contributed by atoms with Crippen molar-refractivity contribution in [1.29, 1.82) is 0 Å². The normalized spacial score (nSPS) is 10.7. The molecule has 0 aliphatic heterocycles. The first-order valence-corrected chi connectivity index (χ1v) is 8.08. The molecule has 0 bridgehead atoms. The van der Waals surface area contributed by atoms with Crippen molar-refractivity contribution in [3.8, 4) is 11.1 Å². The lowest BCUT2D eigenvalue weighted by Gasteiger charge is -2.11. The van der Waals surface area contributed by atoms with E-state index in [-0.39, 0.29) is 5.91 Å². The minimum atomic E-state index is -0.0825. The maximum Gasteiger partial charge on any atom is 0.254 e. The average molecular weight is 302 g/mol. The summed E-state index contributed by atoms with van der Waals surface area (Å²) in [6, 6.07) is 6.31. The monoisotopic (exact) mass is 302 g/mol. The van der Waals surface area contributed by atoms with Gasteiger partial charge in [0, 0.05) is 17.0 Å². The van der Waals surface area contributed by atoms with Crippen LogP contribution in [0.5, 0.6) is 0 Å². The highest BCUT2D eigenvalue weighted by Gasteiger charge is 2.23. The molecule has 1 aromatic heterocycles. The first-order valence-electron chi connectivity index (χ1n) is 7.26. The number of nitrogen functional groups attached to an aromatic ring is 1. The Morgan fingerprint density at radius 2 is 2.00 bits per heavy atom. The summed E-state index contributed by atoms with van der Waals surface area (Å²) >= 11 is 1.52. The Bertz CT molecular complexity index is 674. The summed E-state index contributed by atoms with van der Waals surface area (Å²) in [5.74, 6) is -0.0825. The van der Waals surface area contributed by atoms with Crippen LogP contribution in [0.2, 0.25) is 0 Å². The van der Waals surface area contributed by atoms with Crippen LogP contribution < -0.4 is 11.1 Å². The number of benzene rings is 1. The van der Waals surface area contributed by atoms with E-state index in [0.717, 1.165) is 17.5 Å². The van der Waals surface area contributed by atoms with Gasteiger partial charge < -0.3 is 11.1 Å². The van der Waals surface area contributed by atoms with Crippen LogP contribution in [-0.2, 0) is 6.42 Å². The zero-order valence-corrected chi connectivity index (χ0v) is 13.9. The molecule has 0 saturated carbocycles. The molecule has 0 aliphatic rings. The van der Waals surface area contributed by atoms with Gasteiger partial charge in [-0.3, -0.25) is 4.79 Å². The van der Waals surface area contributed by atoms with Crippen molar-refractivity contribution in [2.75, 3.05) is 12.3 Å². The van der Waals surface area contributed by atoms with Crippen LogP contribution in [0, 0.1) is 13.8 Å². The van der Waals surface area contributed by atoms with Gasteiger partial charge in [-0.2, -0.15) is 0 Å². The second-order valence-corrected chi connectivity index (χ2v) is 6.31. The van der Waals surface area contributed by atoms with Crippen LogP contribution in [-0.4, -0.2) is 12.5 Å². The van der Waals surface area contributed by atoms with Gasteiger partial charge in [0.05, 0.1) is 10.6 Å². The van der Waals surface area contributed by atoms with Gasteiger partial charge in [0.2, 0.25) is 0 Å². The standard InChI is InChI=1S/C17H22N2OS/c1-5-13-14(12-8-7-10(3)9-11(12)4)15(16(18)21-13)17(20)19-6-2/h7-9H,5-6,18H2,1-4H3,(H,19,20). The topological polar surface area (TPSA) is 55.1 Å². The number of nitrogens with one attached hydrogen (secondary N) is 1. The number of thiophene rings is 1. The van der Waals surface area contributed by atoms with Crippen LogP contribution in [0.25, 0.3) is 11.1 Å². The molecule has 0 unspecified atom stereocenters. The van der Waals surface area contributed by atoms with Crippen molar-refractivity contribution in [2.24, 2.45) is 0 Å². The van der Waals surface area contributed by atoms with E-state index in [1.54, 1.807) is 0 Å². The Morgan fingerprint density at radius 3 is 2.57 bits per heavy atom. The summed E-state index contributed by atoms with van der Waals surface area (Å²) in [7, 11) is 0. The number of anilines is 1. The molecule has 1 aromatic carbocycles. The van der Waals surface area contributed by atoms with Crippen LogP contribution in [0.4, 0.5) is 5.00 Å². The highest BCUT2D eigenvalue weighted by Crippen LogP contribution is 2.40. The zero-order chi connectivity index (χ0) is 15.6. The molecule has 4 heteroatoms. The first kappa shape index (κ1) is 15.6. The van der Waals surface area contributed by atoms with Crippen LogP contribution >= 0.6 is 11.3 Å². The van der Waals surface area contributed by atoms with Crippen LogP contribution in [0.3, 0.4) is 0 Å². The minimum Gasteiger partial charge on any atom is -0.390 e. The molecule has 2 aromatic rings. The molecule has 0 saturated heterocycles. The molecule has 2 rings (SSSR count). The maximum atomic E-state index is 12.4. The largest absolute Gasteiger partial charge is 0.390 e. The number of carbonyl (C=O) groups is 1. The molecule has 0 atom stereocenters. The summed E-state index contributed by atoms with van der Waals surface area (Å²) in [5.41, 5.74) is 11.3. The Labute approximate surface area is 130 Å². The fraction of sp³-hybridized carbons (Fsp3) is 0.353. The molecule has 0 aliphatic carbocycles. The predicted octanol–water partition coefficient (Wildman–Crippen LogP) is 3.93. The number of hydrogen-bond donors (Lipinski definition) is 2. The SMILES string of the molecule is CCNC(=O)c1c(N)sc(CC)c1-c1ccc(C)cc1C. The Balaban J connectivity index is 2.68. The van der Waals surface area contributed by atoms with E-state index in [9.17, 15) is 4.79 Å². The van der Waals surface area contributed by atoms with Crippen molar-refractivity contribution in [1.82, 2.24) is 5.32 Å². The van der Waals surface area contributed by atoms with E-state index < -0.39 is 0 Å². The third-order valence-electron chi connectivity index (χ3n) is 3.55. The smallest absolute Gasteiger partial charge is 0.254 e. The highest BCUT2D eigenvalue weighted by atomic mass is 32.1. The van der Waals surface area contributed by atoms with Gasteiger partial charge in [0.15, 0.2) is 0 Å². The molecule has 3 N–H and O–H groups in total. The van der Waals surface area contributed by atoms with E-state index in [0.29, 0.717) is 17.1 Å². The van der Waals surface area contributed by atoms with Gasteiger partial charge in [0.1, 0.15) is 0 Å². The molecule has 1 heterocycles. The molecule has 0 fully saturated rings. The Hall–Kier alpha value is -1.81. The fourth-order valence-corrected chi connectivity index (χ4v) is 3.62. The second-order valence-electron chi connectivity index (χ2n) is 5.17.